The number of hydrogen-bond acceptors (Lipinski definition) is 3. The van der Waals surface area contributed by atoms with Crippen LogP contribution in [-0.4, -0.2) is 17.0 Å². The molecule has 1 aromatic heterocycles. The van der Waals surface area contributed by atoms with Crippen molar-refractivity contribution >= 4 is 16.7 Å². The highest BCUT2D eigenvalue weighted by Gasteiger charge is 2.09. The molecule has 0 saturated carbocycles. The summed E-state index contributed by atoms with van der Waals surface area (Å²) in [4.78, 5) is 9.37. The molecule has 0 spiro atoms. The molecule has 0 saturated heterocycles. The fourth-order valence-corrected chi connectivity index (χ4v) is 2.32. The predicted molar refractivity (Wildman–Crippen MR) is 84.0 cm³/mol. The number of hydrogen-bond donors (Lipinski definition) is 1. The molecule has 0 radical (unpaired) electrons. The molecule has 0 aliphatic carbocycles. The number of aryl methyl sites for hydroxylation is 2. The second-order valence-electron chi connectivity index (χ2n) is 4.98. The van der Waals surface area contributed by atoms with Gasteiger partial charge in [-0.2, -0.15) is 0 Å². The van der Waals surface area contributed by atoms with E-state index in [1.807, 2.05) is 19.2 Å². The molecule has 3 aromatic rings. The Morgan fingerprint density at radius 2 is 1.65 bits per heavy atom. The van der Waals surface area contributed by atoms with Crippen molar-refractivity contribution in [2.24, 2.45) is 0 Å². The number of benzene rings is 2. The molecule has 0 fully saturated rings. The standard InChI is InChI=1S/C17H17N3/c1-11-7-9-13(10-8-11)16-19-15-12(2)5-4-6-14(15)17(18-3)20-16/h4-10H,1-3H3,(H,18,19,20). The first-order valence-electron chi connectivity index (χ1n) is 6.71. The van der Waals surface area contributed by atoms with E-state index in [1.54, 1.807) is 0 Å². The van der Waals surface area contributed by atoms with Crippen LogP contribution in [0.25, 0.3) is 22.3 Å². The molecule has 0 unspecified atom stereocenters. The van der Waals surface area contributed by atoms with Crippen LogP contribution in [0.15, 0.2) is 42.5 Å². The van der Waals surface area contributed by atoms with Crippen LogP contribution in [0.4, 0.5) is 5.82 Å². The zero-order valence-corrected chi connectivity index (χ0v) is 11.9. The highest BCUT2D eigenvalue weighted by atomic mass is 15.0. The molecule has 0 bridgehead atoms. The van der Waals surface area contributed by atoms with Crippen LogP contribution in [0.1, 0.15) is 11.1 Å². The minimum atomic E-state index is 0.760. The van der Waals surface area contributed by atoms with Crippen LogP contribution in [-0.2, 0) is 0 Å². The lowest BCUT2D eigenvalue weighted by atomic mass is 10.1. The molecule has 2 aromatic carbocycles. The zero-order valence-electron chi connectivity index (χ0n) is 11.9. The van der Waals surface area contributed by atoms with Gasteiger partial charge < -0.3 is 5.32 Å². The maximum Gasteiger partial charge on any atom is 0.162 e. The van der Waals surface area contributed by atoms with Crippen molar-refractivity contribution in [2.45, 2.75) is 13.8 Å². The minimum Gasteiger partial charge on any atom is -0.373 e. The van der Waals surface area contributed by atoms with E-state index < -0.39 is 0 Å². The summed E-state index contributed by atoms with van der Waals surface area (Å²) in [5, 5.41) is 4.23. The fourth-order valence-electron chi connectivity index (χ4n) is 2.32. The minimum absolute atomic E-state index is 0.760. The van der Waals surface area contributed by atoms with Crippen molar-refractivity contribution in [1.82, 2.24) is 9.97 Å². The van der Waals surface area contributed by atoms with Gasteiger partial charge in [0.1, 0.15) is 5.82 Å². The quantitative estimate of drug-likeness (QED) is 0.760. The Morgan fingerprint density at radius 3 is 2.35 bits per heavy atom. The number of fused-ring (bicyclic) bond motifs is 1. The number of para-hydroxylation sites is 1. The van der Waals surface area contributed by atoms with E-state index in [4.69, 9.17) is 4.98 Å². The second-order valence-corrected chi connectivity index (χ2v) is 4.98. The molecule has 1 N–H and O–H groups in total. The van der Waals surface area contributed by atoms with Crippen molar-refractivity contribution in [1.29, 1.82) is 0 Å². The Balaban J connectivity index is 2.27. The van der Waals surface area contributed by atoms with Gasteiger partial charge in [-0.1, -0.05) is 42.0 Å². The molecular formula is C17H17N3. The molecular weight excluding hydrogens is 246 g/mol. The molecule has 0 aliphatic rings. The first kappa shape index (κ1) is 12.6. The van der Waals surface area contributed by atoms with E-state index in [2.05, 4.69) is 54.5 Å². The molecule has 0 atom stereocenters. The van der Waals surface area contributed by atoms with Crippen LogP contribution in [0, 0.1) is 13.8 Å². The number of nitrogens with one attached hydrogen (secondary N) is 1. The SMILES string of the molecule is CNc1nc(-c2ccc(C)cc2)nc2c(C)cccc12. The summed E-state index contributed by atoms with van der Waals surface area (Å²) in [5.41, 5.74) is 4.44. The summed E-state index contributed by atoms with van der Waals surface area (Å²) in [6.45, 7) is 4.15. The first-order valence-corrected chi connectivity index (χ1v) is 6.71. The smallest absolute Gasteiger partial charge is 0.162 e. The number of nitrogens with zero attached hydrogens (tertiary/aromatic N) is 2. The van der Waals surface area contributed by atoms with E-state index >= 15 is 0 Å². The number of aromatic nitrogens is 2. The van der Waals surface area contributed by atoms with Crippen molar-refractivity contribution in [3.8, 4) is 11.4 Å². The maximum atomic E-state index is 4.73. The Kier molecular flexibility index (Phi) is 3.11. The van der Waals surface area contributed by atoms with Gasteiger partial charge in [0, 0.05) is 18.0 Å². The van der Waals surface area contributed by atoms with Crippen molar-refractivity contribution in [2.75, 3.05) is 12.4 Å². The average molecular weight is 263 g/mol. The monoisotopic (exact) mass is 263 g/mol. The third kappa shape index (κ3) is 2.11. The largest absolute Gasteiger partial charge is 0.373 e. The van der Waals surface area contributed by atoms with E-state index in [9.17, 15) is 0 Å². The Bertz CT molecular complexity index is 761. The van der Waals surface area contributed by atoms with Gasteiger partial charge in [0.05, 0.1) is 5.52 Å². The zero-order chi connectivity index (χ0) is 14.1. The van der Waals surface area contributed by atoms with Gasteiger partial charge in [-0.15, -0.1) is 0 Å². The van der Waals surface area contributed by atoms with Crippen LogP contribution < -0.4 is 5.32 Å². The number of rotatable bonds is 2. The second kappa shape index (κ2) is 4.93. The third-order valence-corrected chi connectivity index (χ3v) is 3.47. The molecule has 20 heavy (non-hydrogen) atoms. The Morgan fingerprint density at radius 1 is 0.900 bits per heavy atom. The summed E-state index contributed by atoms with van der Waals surface area (Å²) >= 11 is 0. The van der Waals surface area contributed by atoms with Crippen molar-refractivity contribution < 1.29 is 0 Å². The van der Waals surface area contributed by atoms with Crippen LogP contribution >= 0.6 is 0 Å². The normalized spacial score (nSPS) is 10.8. The van der Waals surface area contributed by atoms with Crippen molar-refractivity contribution in [3.05, 3.63) is 53.6 Å². The molecule has 100 valence electrons. The van der Waals surface area contributed by atoms with Crippen LogP contribution in [0.2, 0.25) is 0 Å². The summed E-state index contributed by atoms with van der Waals surface area (Å²) in [6, 6.07) is 14.5. The lowest BCUT2D eigenvalue weighted by Gasteiger charge is -2.10. The lowest BCUT2D eigenvalue weighted by Crippen LogP contribution is -1.99. The molecule has 3 heteroatoms. The molecule has 1 heterocycles. The predicted octanol–water partition coefficient (Wildman–Crippen LogP) is 3.96. The van der Waals surface area contributed by atoms with Crippen LogP contribution in [0.3, 0.4) is 0 Å². The van der Waals surface area contributed by atoms with Gasteiger partial charge >= 0.3 is 0 Å². The highest BCUT2D eigenvalue weighted by molar-refractivity contribution is 5.92. The van der Waals surface area contributed by atoms with E-state index in [0.717, 1.165) is 33.7 Å². The van der Waals surface area contributed by atoms with E-state index in [1.165, 1.54) is 5.56 Å². The topological polar surface area (TPSA) is 37.8 Å². The first-order chi connectivity index (χ1) is 9.69. The summed E-state index contributed by atoms with van der Waals surface area (Å²) < 4.78 is 0. The van der Waals surface area contributed by atoms with Gasteiger partial charge in [-0.25, -0.2) is 9.97 Å². The summed E-state index contributed by atoms with van der Waals surface area (Å²) in [5.74, 6) is 1.63. The highest BCUT2D eigenvalue weighted by Crippen LogP contribution is 2.26. The molecule has 3 nitrogen and oxygen atoms in total. The van der Waals surface area contributed by atoms with Gasteiger partial charge in [0.25, 0.3) is 0 Å². The molecule has 3 rings (SSSR count). The summed E-state index contributed by atoms with van der Waals surface area (Å²) in [7, 11) is 1.89. The molecule has 0 aliphatic heterocycles. The van der Waals surface area contributed by atoms with Gasteiger partial charge in [-0.3, -0.25) is 0 Å². The van der Waals surface area contributed by atoms with Crippen molar-refractivity contribution in [3.63, 3.8) is 0 Å². The number of anilines is 1. The van der Waals surface area contributed by atoms with E-state index in [-0.39, 0.29) is 0 Å². The molecule has 0 amide bonds. The Hall–Kier alpha value is -2.42. The van der Waals surface area contributed by atoms with Gasteiger partial charge in [0.15, 0.2) is 5.82 Å². The average Bonchev–Trinajstić information content (AvgIpc) is 2.47. The Labute approximate surface area is 118 Å². The summed E-state index contributed by atoms with van der Waals surface area (Å²) in [6.07, 6.45) is 0. The van der Waals surface area contributed by atoms with Crippen LogP contribution in [0.5, 0.6) is 0 Å². The maximum absolute atomic E-state index is 4.73. The van der Waals surface area contributed by atoms with E-state index in [0.29, 0.717) is 0 Å². The van der Waals surface area contributed by atoms with Gasteiger partial charge in [0.2, 0.25) is 0 Å². The van der Waals surface area contributed by atoms with Gasteiger partial charge in [-0.05, 0) is 25.5 Å². The fraction of sp³-hybridized carbons (Fsp3) is 0.176. The lowest BCUT2D eigenvalue weighted by molar-refractivity contribution is 1.20. The third-order valence-electron chi connectivity index (χ3n) is 3.47.